The van der Waals surface area contributed by atoms with Crippen LogP contribution in [0.3, 0.4) is 0 Å². The van der Waals surface area contributed by atoms with Gasteiger partial charge in [0.05, 0.1) is 0 Å². The zero-order chi connectivity index (χ0) is 9.84. The first-order chi connectivity index (χ1) is 6.25. The highest BCUT2D eigenvalue weighted by atomic mass is 14.7. The molecule has 1 heteroatoms. The van der Waals surface area contributed by atoms with Crippen LogP contribution in [0.2, 0.25) is 0 Å². The molecule has 0 aliphatic heterocycles. The van der Waals surface area contributed by atoms with Crippen molar-refractivity contribution in [1.82, 2.24) is 4.98 Å². The summed E-state index contributed by atoms with van der Waals surface area (Å²) < 4.78 is 0. The summed E-state index contributed by atoms with van der Waals surface area (Å²) in [5, 5.41) is 1.30. The van der Waals surface area contributed by atoms with Crippen LogP contribution in [0.1, 0.15) is 25.1 Å². The second-order valence-corrected chi connectivity index (χ2v) is 3.04. The molecule has 0 amide bonds. The summed E-state index contributed by atoms with van der Waals surface area (Å²) in [4.78, 5) is 3.30. The van der Waals surface area contributed by atoms with Crippen LogP contribution in [0.15, 0.2) is 24.3 Å². The van der Waals surface area contributed by atoms with Gasteiger partial charge in [0.1, 0.15) is 0 Å². The van der Waals surface area contributed by atoms with E-state index in [1.807, 2.05) is 13.8 Å². The van der Waals surface area contributed by atoms with Crippen molar-refractivity contribution in [3.05, 3.63) is 35.5 Å². The van der Waals surface area contributed by atoms with Gasteiger partial charge in [-0.2, -0.15) is 0 Å². The Morgan fingerprint density at radius 2 is 1.69 bits per heavy atom. The normalized spacial score (nSPS) is 9.54. The van der Waals surface area contributed by atoms with Crippen LogP contribution >= 0.6 is 0 Å². The molecule has 13 heavy (non-hydrogen) atoms. The van der Waals surface area contributed by atoms with Gasteiger partial charge in [0.2, 0.25) is 0 Å². The van der Waals surface area contributed by atoms with Crippen molar-refractivity contribution >= 4 is 10.9 Å². The topological polar surface area (TPSA) is 15.8 Å². The second-order valence-electron chi connectivity index (χ2n) is 3.04. The van der Waals surface area contributed by atoms with Crippen molar-refractivity contribution in [1.29, 1.82) is 0 Å². The lowest BCUT2D eigenvalue weighted by atomic mass is 10.2. The largest absolute Gasteiger partial charge is 0.359 e. The van der Waals surface area contributed by atoms with E-state index in [0.29, 0.717) is 0 Å². The highest BCUT2D eigenvalue weighted by Crippen LogP contribution is 2.15. The average Bonchev–Trinajstić information content (AvgIpc) is 2.48. The van der Waals surface area contributed by atoms with Gasteiger partial charge in [0, 0.05) is 11.2 Å². The molecular formula is C12H17N. The fraction of sp³-hybridized carbons (Fsp3) is 0.333. The van der Waals surface area contributed by atoms with Gasteiger partial charge in [0.15, 0.2) is 0 Å². The van der Waals surface area contributed by atoms with Crippen molar-refractivity contribution in [2.24, 2.45) is 0 Å². The number of rotatable bonds is 0. The van der Waals surface area contributed by atoms with E-state index in [-0.39, 0.29) is 0 Å². The Labute approximate surface area is 79.8 Å². The van der Waals surface area contributed by atoms with E-state index in [4.69, 9.17) is 0 Å². The Balaban J connectivity index is 0.000000396. The smallest absolute Gasteiger partial charge is 0.0458 e. The summed E-state index contributed by atoms with van der Waals surface area (Å²) >= 11 is 0. The molecule has 1 N–H and O–H groups in total. The highest BCUT2D eigenvalue weighted by Gasteiger charge is 1.95. The van der Waals surface area contributed by atoms with E-state index in [2.05, 4.69) is 43.1 Å². The molecule has 0 saturated carbocycles. The predicted molar refractivity (Wildman–Crippen MR) is 59.1 cm³/mol. The summed E-state index contributed by atoms with van der Waals surface area (Å²) in [7, 11) is 0. The van der Waals surface area contributed by atoms with Gasteiger partial charge in [-0.3, -0.25) is 0 Å². The molecule has 2 aromatic rings. The fourth-order valence-electron chi connectivity index (χ4n) is 1.39. The Kier molecular flexibility index (Phi) is 3.13. The van der Waals surface area contributed by atoms with Gasteiger partial charge in [-0.25, -0.2) is 0 Å². The van der Waals surface area contributed by atoms with E-state index in [1.165, 1.54) is 22.2 Å². The van der Waals surface area contributed by atoms with Crippen LogP contribution in [-0.4, -0.2) is 4.98 Å². The van der Waals surface area contributed by atoms with Gasteiger partial charge in [-0.05, 0) is 36.9 Å². The zero-order valence-corrected chi connectivity index (χ0v) is 8.81. The summed E-state index contributed by atoms with van der Waals surface area (Å²) in [5.74, 6) is 0. The number of fused-ring (bicyclic) bond motifs is 1. The Bertz CT molecular complexity index is 385. The summed E-state index contributed by atoms with van der Waals surface area (Å²) in [5.41, 5.74) is 3.77. The van der Waals surface area contributed by atoms with Crippen LogP contribution in [0.25, 0.3) is 10.9 Å². The first-order valence-corrected chi connectivity index (χ1v) is 4.82. The van der Waals surface area contributed by atoms with Crippen LogP contribution in [0.4, 0.5) is 0 Å². The molecule has 70 valence electrons. The monoisotopic (exact) mass is 175 g/mol. The van der Waals surface area contributed by atoms with Crippen molar-refractivity contribution in [3.63, 3.8) is 0 Å². The first kappa shape index (κ1) is 9.85. The third kappa shape index (κ3) is 2.11. The molecule has 0 spiro atoms. The molecule has 0 fully saturated rings. The number of hydrogen-bond donors (Lipinski definition) is 1. The molecule has 0 atom stereocenters. The molecule has 1 aromatic heterocycles. The lowest BCUT2D eigenvalue weighted by Gasteiger charge is -1.90. The number of aromatic nitrogens is 1. The van der Waals surface area contributed by atoms with Crippen molar-refractivity contribution < 1.29 is 0 Å². The van der Waals surface area contributed by atoms with Crippen LogP contribution in [-0.2, 0) is 0 Å². The minimum absolute atomic E-state index is 1.23. The maximum atomic E-state index is 3.30. The van der Waals surface area contributed by atoms with E-state index < -0.39 is 0 Å². The SMILES string of the molecule is CC.Cc1ccc2cc(C)[nH]c2c1. The Morgan fingerprint density at radius 3 is 2.38 bits per heavy atom. The van der Waals surface area contributed by atoms with E-state index >= 15 is 0 Å². The lowest BCUT2D eigenvalue weighted by Crippen LogP contribution is -1.71. The molecule has 1 nitrogen and oxygen atoms in total. The summed E-state index contributed by atoms with van der Waals surface area (Å²) in [6.45, 7) is 8.19. The molecule has 2 rings (SSSR count). The van der Waals surface area contributed by atoms with Gasteiger partial charge in [0.25, 0.3) is 0 Å². The predicted octanol–water partition coefficient (Wildman–Crippen LogP) is 3.81. The lowest BCUT2D eigenvalue weighted by molar-refractivity contribution is 1.30. The third-order valence-electron chi connectivity index (χ3n) is 1.91. The first-order valence-electron chi connectivity index (χ1n) is 4.82. The van der Waals surface area contributed by atoms with E-state index in [9.17, 15) is 0 Å². The Hall–Kier alpha value is -1.24. The van der Waals surface area contributed by atoms with E-state index in [0.717, 1.165) is 0 Å². The maximum Gasteiger partial charge on any atom is 0.0458 e. The molecule has 0 unspecified atom stereocenters. The number of hydrogen-bond acceptors (Lipinski definition) is 0. The second kappa shape index (κ2) is 4.13. The average molecular weight is 175 g/mol. The quantitative estimate of drug-likeness (QED) is 0.626. The number of aromatic amines is 1. The van der Waals surface area contributed by atoms with Crippen LogP contribution < -0.4 is 0 Å². The molecule has 1 heterocycles. The Morgan fingerprint density at radius 1 is 1.00 bits per heavy atom. The minimum atomic E-state index is 1.23. The minimum Gasteiger partial charge on any atom is -0.359 e. The number of aryl methyl sites for hydroxylation is 2. The standard InChI is InChI=1S/C10H11N.C2H6/c1-7-3-4-9-6-8(2)11-10(9)5-7;1-2/h3-6,11H,1-2H3;1-2H3. The molecule has 1 aromatic carbocycles. The number of benzene rings is 1. The molecule has 0 bridgehead atoms. The van der Waals surface area contributed by atoms with Crippen LogP contribution in [0, 0.1) is 13.8 Å². The van der Waals surface area contributed by atoms with Crippen LogP contribution in [0.5, 0.6) is 0 Å². The van der Waals surface area contributed by atoms with Crippen molar-refractivity contribution in [2.75, 3.05) is 0 Å². The van der Waals surface area contributed by atoms with Gasteiger partial charge in [-0.15, -0.1) is 0 Å². The molecule has 0 aliphatic rings. The summed E-state index contributed by atoms with van der Waals surface area (Å²) in [6.07, 6.45) is 0. The van der Waals surface area contributed by atoms with Gasteiger partial charge < -0.3 is 4.98 Å². The maximum absolute atomic E-state index is 3.30. The fourth-order valence-corrected chi connectivity index (χ4v) is 1.39. The van der Waals surface area contributed by atoms with Gasteiger partial charge in [-0.1, -0.05) is 26.0 Å². The molecule has 0 radical (unpaired) electrons. The highest BCUT2D eigenvalue weighted by molar-refractivity contribution is 5.80. The van der Waals surface area contributed by atoms with E-state index in [1.54, 1.807) is 0 Å². The molecule has 0 aliphatic carbocycles. The molecular weight excluding hydrogens is 158 g/mol. The zero-order valence-electron chi connectivity index (χ0n) is 8.81. The third-order valence-corrected chi connectivity index (χ3v) is 1.91. The van der Waals surface area contributed by atoms with Crippen molar-refractivity contribution in [3.8, 4) is 0 Å². The summed E-state index contributed by atoms with van der Waals surface area (Å²) in [6, 6.07) is 8.61. The molecule has 0 saturated heterocycles. The van der Waals surface area contributed by atoms with Gasteiger partial charge >= 0.3 is 0 Å². The number of H-pyrrole nitrogens is 1. The number of nitrogens with one attached hydrogen (secondary N) is 1. The van der Waals surface area contributed by atoms with Crippen molar-refractivity contribution in [2.45, 2.75) is 27.7 Å².